The zero-order valence-electron chi connectivity index (χ0n) is 47.1. The molecule has 0 spiro atoms. The highest BCUT2D eigenvalue weighted by Gasteiger charge is 2.19. The third-order valence-electron chi connectivity index (χ3n) is 13.9. The minimum atomic E-state index is -0.772. The van der Waals surface area contributed by atoms with Crippen molar-refractivity contribution in [3.05, 3.63) is 36.5 Å². The lowest BCUT2D eigenvalue weighted by atomic mass is 10.0. The molecule has 1 atom stereocenters. The molecule has 0 aromatic heterocycles. The highest BCUT2D eigenvalue weighted by atomic mass is 16.6. The van der Waals surface area contributed by atoms with E-state index in [9.17, 15) is 14.4 Å². The van der Waals surface area contributed by atoms with E-state index in [2.05, 4.69) is 57.2 Å². The predicted molar refractivity (Wildman–Crippen MR) is 302 cm³/mol. The van der Waals surface area contributed by atoms with Crippen molar-refractivity contribution >= 4 is 17.9 Å². The lowest BCUT2D eigenvalue weighted by Crippen LogP contribution is -2.30. The molecule has 0 radical (unpaired) electrons. The van der Waals surface area contributed by atoms with Crippen LogP contribution in [0.5, 0.6) is 0 Å². The summed E-state index contributed by atoms with van der Waals surface area (Å²) < 4.78 is 16.9. The van der Waals surface area contributed by atoms with Gasteiger partial charge in [0, 0.05) is 19.3 Å². The molecule has 70 heavy (non-hydrogen) atoms. The summed E-state index contributed by atoms with van der Waals surface area (Å²) in [7, 11) is 0. The molecule has 0 amide bonds. The summed E-state index contributed by atoms with van der Waals surface area (Å²) in [5, 5.41) is 0. The molecule has 410 valence electrons. The Labute approximate surface area is 435 Å². The maximum Gasteiger partial charge on any atom is 0.306 e. The van der Waals surface area contributed by atoms with E-state index in [0.29, 0.717) is 19.3 Å². The molecule has 1 unspecified atom stereocenters. The van der Waals surface area contributed by atoms with Crippen molar-refractivity contribution in [1.82, 2.24) is 0 Å². The monoisotopic (exact) mass is 983 g/mol. The average Bonchev–Trinajstić information content (AvgIpc) is 3.36. The first kappa shape index (κ1) is 67.6. The first-order chi connectivity index (χ1) is 34.5. The second kappa shape index (κ2) is 59.2. The number of unbranched alkanes of at least 4 members (excludes halogenated alkanes) is 40. The van der Waals surface area contributed by atoms with Crippen LogP contribution in [0.25, 0.3) is 0 Å². The van der Waals surface area contributed by atoms with Crippen molar-refractivity contribution in [1.29, 1.82) is 0 Å². The summed E-state index contributed by atoms with van der Waals surface area (Å²) in [6, 6.07) is 0. The van der Waals surface area contributed by atoms with Crippen LogP contribution in [-0.2, 0) is 28.6 Å². The van der Waals surface area contributed by atoms with Gasteiger partial charge in [-0.05, 0) is 77.0 Å². The topological polar surface area (TPSA) is 78.9 Å². The fourth-order valence-corrected chi connectivity index (χ4v) is 9.18. The number of ether oxygens (including phenoxy) is 3. The van der Waals surface area contributed by atoms with Crippen LogP contribution in [0, 0.1) is 0 Å². The van der Waals surface area contributed by atoms with Crippen molar-refractivity contribution in [2.75, 3.05) is 13.2 Å². The molecule has 0 aliphatic carbocycles. The SMILES string of the molecule is CCCCCC/C=C\CCCCCCCC(=O)OCC(COC(=O)CCCCCCCCCCCCCCC/C=C\C/C=C\CCCCCCC)OC(=O)CCCCCCCCCCCCCCCC. The van der Waals surface area contributed by atoms with E-state index in [1.165, 1.54) is 225 Å². The fraction of sp³-hybridized carbons (Fsp3) is 0.859. The van der Waals surface area contributed by atoms with Crippen LogP contribution in [0.2, 0.25) is 0 Å². The number of rotatable bonds is 57. The van der Waals surface area contributed by atoms with Crippen molar-refractivity contribution in [2.45, 2.75) is 341 Å². The summed E-state index contributed by atoms with van der Waals surface area (Å²) in [4.78, 5) is 38.2. The van der Waals surface area contributed by atoms with E-state index in [1.54, 1.807) is 0 Å². The van der Waals surface area contributed by atoms with Gasteiger partial charge in [-0.1, -0.05) is 276 Å². The van der Waals surface area contributed by atoms with Crippen LogP contribution >= 0.6 is 0 Å². The highest BCUT2D eigenvalue weighted by molar-refractivity contribution is 5.71. The maximum absolute atomic E-state index is 12.9. The van der Waals surface area contributed by atoms with Crippen molar-refractivity contribution in [2.24, 2.45) is 0 Å². The van der Waals surface area contributed by atoms with Gasteiger partial charge in [0.2, 0.25) is 0 Å². The Hall–Kier alpha value is -2.37. The molecule has 0 saturated carbocycles. The summed E-state index contributed by atoms with van der Waals surface area (Å²) in [6.45, 7) is 6.65. The van der Waals surface area contributed by atoms with E-state index in [1.807, 2.05) is 0 Å². The maximum atomic E-state index is 12.9. The molecular weight excluding hydrogens is 865 g/mol. The molecule has 6 nitrogen and oxygen atoms in total. The molecule has 0 aliphatic heterocycles. The number of carbonyl (C=O) groups is 3. The Bertz CT molecular complexity index is 1170. The zero-order valence-corrected chi connectivity index (χ0v) is 47.1. The molecule has 0 aromatic rings. The quantitative estimate of drug-likeness (QED) is 0.0261. The molecule has 0 fully saturated rings. The Morgan fingerprint density at radius 3 is 0.814 bits per heavy atom. The van der Waals surface area contributed by atoms with Gasteiger partial charge in [0.1, 0.15) is 13.2 Å². The Kier molecular flexibility index (Phi) is 57.2. The Morgan fingerprint density at radius 1 is 0.286 bits per heavy atom. The van der Waals surface area contributed by atoms with E-state index in [0.717, 1.165) is 70.6 Å². The van der Waals surface area contributed by atoms with Crippen LogP contribution in [-0.4, -0.2) is 37.2 Å². The van der Waals surface area contributed by atoms with E-state index in [-0.39, 0.29) is 31.1 Å². The van der Waals surface area contributed by atoms with E-state index in [4.69, 9.17) is 14.2 Å². The lowest BCUT2D eigenvalue weighted by molar-refractivity contribution is -0.167. The number of hydrogen-bond acceptors (Lipinski definition) is 6. The number of allylic oxidation sites excluding steroid dienone is 6. The van der Waals surface area contributed by atoms with Crippen molar-refractivity contribution in [3.63, 3.8) is 0 Å². The first-order valence-electron chi connectivity index (χ1n) is 31.0. The minimum absolute atomic E-state index is 0.0709. The predicted octanol–water partition coefficient (Wildman–Crippen LogP) is 20.8. The molecule has 6 heteroatoms. The van der Waals surface area contributed by atoms with Gasteiger partial charge >= 0.3 is 17.9 Å². The van der Waals surface area contributed by atoms with Gasteiger partial charge in [0.25, 0.3) is 0 Å². The van der Waals surface area contributed by atoms with E-state index < -0.39 is 6.10 Å². The summed E-state index contributed by atoms with van der Waals surface area (Å²) in [6.07, 6.45) is 71.5. The van der Waals surface area contributed by atoms with Crippen LogP contribution in [0.15, 0.2) is 36.5 Å². The molecular formula is C64H118O6. The van der Waals surface area contributed by atoms with Gasteiger partial charge in [-0.15, -0.1) is 0 Å². The van der Waals surface area contributed by atoms with Crippen LogP contribution in [0.3, 0.4) is 0 Å². The lowest BCUT2D eigenvalue weighted by Gasteiger charge is -2.18. The van der Waals surface area contributed by atoms with E-state index >= 15 is 0 Å². The zero-order chi connectivity index (χ0) is 50.7. The van der Waals surface area contributed by atoms with Crippen molar-refractivity contribution in [3.8, 4) is 0 Å². The summed E-state index contributed by atoms with van der Waals surface area (Å²) in [5.74, 6) is -0.860. The Morgan fingerprint density at radius 2 is 0.514 bits per heavy atom. The largest absolute Gasteiger partial charge is 0.462 e. The van der Waals surface area contributed by atoms with Gasteiger partial charge in [-0.3, -0.25) is 14.4 Å². The third-order valence-corrected chi connectivity index (χ3v) is 13.9. The number of carbonyl (C=O) groups excluding carboxylic acids is 3. The fourth-order valence-electron chi connectivity index (χ4n) is 9.18. The molecule has 0 N–H and O–H groups in total. The molecule has 0 rings (SSSR count). The minimum Gasteiger partial charge on any atom is -0.462 e. The van der Waals surface area contributed by atoms with Crippen LogP contribution < -0.4 is 0 Å². The molecule has 0 bridgehead atoms. The van der Waals surface area contributed by atoms with Gasteiger partial charge < -0.3 is 14.2 Å². The second-order valence-corrected chi connectivity index (χ2v) is 21.0. The molecule has 0 aromatic carbocycles. The number of hydrogen-bond donors (Lipinski definition) is 0. The van der Waals surface area contributed by atoms with Gasteiger partial charge in [-0.2, -0.15) is 0 Å². The van der Waals surface area contributed by atoms with Gasteiger partial charge in [-0.25, -0.2) is 0 Å². The highest BCUT2D eigenvalue weighted by Crippen LogP contribution is 2.17. The smallest absolute Gasteiger partial charge is 0.306 e. The molecule has 0 aliphatic rings. The normalized spacial score (nSPS) is 12.2. The van der Waals surface area contributed by atoms with Gasteiger partial charge in [0.05, 0.1) is 0 Å². The summed E-state index contributed by atoms with van der Waals surface area (Å²) >= 11 is 0. The Balaban J connectivity index is 4.23. The first-order valence-corrected chi connectivity index (χ1v) is 31.0. The van der Waals surface area contributed by atoms with Crippen LogP contribution in [0.1, 0.15) is 335 Å². The van der Waals surface area contributed by atoms with Crippen LogP contribution in [0.4, 0.5) is 0 Å². The number of esters is 3. The third kappa shape index (κ3) is 56.5. The van der Waals surface area contributed by atoms with Gasteiger partial charge in [0.15, 0.2) is 6.10 Å². The second-order valence-electron chi connectivity index (χ2n) is 21.0. The standard InChI is InChI=1S/C64H118O6/c1-4-7-10-13-16-19-22-25-27-28-29-30-31-32-33-34-35-36-37-40-42-45-48-51-54-57-63(66)69-60-61(59-68-62(65)56-53-50-47-44-41-38-24-21-18-15-12-9-6-3)70-64(67)58-55-52-49-46-43-39-26-23-20-17-14-11-8-5-2/h21-22,24-25,28-29,61H,4-20,23,26-27,30-60H2,1-3H3/b24-21-,25-22-,29-28-. The average molecular weight is 984 g/mol. The van der Waals surface area contributed by atoms with Crippen molar-refractivity contribution < 1.29 is 28.6 Å². The molecule has 0 saturated heterocycles. The summed E-state index contributed by atoms with van der Waals surface area (Å²) in [5.41, 5.74) is 0. The molecule has 0 heterocycles.